The van der Waals surface area contributed by atoms with Gasteiger partial charge in [-0.05, 0) is 55.3 Å². The third-order valence-electron chi connectivity index (χ3n) is 5.98. The van der Waals surface area contributed by atoms with Crippen LogP contribution in [0.2, 0.25) is 0 Å². The summed E-state index contributed by atoms with van der Waals surface area (Å²) in [5, 5.41) is 6.62. The molecule has 0 radical (unpaired) electrons. The average molecular weight is 366 g/mol. The average Bonchev–Trinajstić information content (AvgIpc) is 3.19. The summed E-state index contributed by atoms with van der Waals surface area (Å²) in [4.78, 5) is 18.4. The summed E-state index contributed by atoms with van der Waals surface area (Å²) in [5.74, 6) is 0.711. The third-order valence-corrected chi connectivity index (χ3v) is 5.98. The van der Waals surface area contributed by atoms with Crippen molar-refractivity contribution in [2.24, 2.45) is 0 Å². The lowest BCUT2D eigenvalue weighted by Crippen LogP contribution is -2.50. The number of carbonyl (C=O) groups is 1. The quantitative estimate of drug-likeness (QED) is 0.485. The number of benzene rings is 3. The number of hydrogen-bond donors (Lipinski definition) is 2. The minimum atomic E-state index is -1.06. The number of rotatable bonds is 0. The van der Waals surface area contributed by atoms with E-state index >= 15 is 0 Å². The molecule has 4 aromatic rings. The molecule has 28 heavy (non-hydrogen) atoms. The number of aromatic nitrogens is 2. The number of hydrogen-bond acceptors (Lipinski definition) is 3. The maximum Gasteiger partial charge on any atom is 0.276 e. The first-order valence-electron chi connectivity index (χ1n) is 9.38. The van der Waals surface area contributed by atoms with Gasteiger partial charge in [0, 0.05) is 22.5 Å². The summed E-state index contributed by atoms with van der Waals surface area (Å²) in [6, 6.07) is 20.1. The summed E-state index contributed by atoms with van der Waals surface area (Å²) in [5.41, 5.74) is 6.80. The van der Waals surface area contributed by atoms with E-state index in [-0.39, 0.29) is 5.91 Å². The number of anilines is 2. The van der Waals surface area contributed by atoms with E-state index in [0.717, 1.165) is 39.4 Å². The molecule has 3 aromatic carbocycles. The summed E-state index contributed by atoms with van der Waals surface area (Å²) >= 11 is 0. The molecule has 0 saturated heterocycles. The molecule has 0 fully saturated rings. The summed E-state index contributed by atoms with van der Waals surface area (Å²) < 4.78 is 2.07. The second-order valence-electron chi connectivity index (χ2n) is 7.58. The molecule has 6 rings (SSSR count). The monoisotopic (exact) mass is 366 g/mol. The first-order valence-corrected chi connectivity index (χ1v) is 9.38. The van der Waals surface area contributed by atoms with Gasteiger partial charge in [0.05, 0.1) is 11.0 Å². The Morgan fingerprint density at radius 2 is 1.64 bits per heavy atom. The van der Waals surface area contributed by atoms with Crippen molar-refractivity contribution in [2.45, 2.75) is 19.5 Å². The van der Waals surface area contributed by atoms with Crippen LogP contribution in [0.4, 0.5) is 11.4 Å². The highest BCUT2D eigenvalue weighted by molar-refractivity contribution is 6.10. The normalized spacial score (nSPS) is 19.1. The number of amides is 1. The van der Waals surface area contributed by atoms with Gasteiger partial charge >= 0.3 is 0 Å². The number of nitrogens with zero attached hydrogens (tertiary/aromatic N) is 2. The Kier molecular flexibility index (Phi) is 2.77. The van der Waals surface area contributed by atoms with Crippen LogP contribution in [0.1, 0.15) is 16.7 Å². The highest BCUT2D eigenvalue weighted by atomic mass is 16.2. The van der Waals surface area contributed by atoms with E-state index < -0.39 is 5.66 Å². The minimum Gasteiger partial charge on any atom is -0.350 e. The fourth-order valence-electron chi connectivity index (χ4n) is 4.48. The second kappa shape index (κ2) is 5.01. The fourth-order valence-corrected chi connectivity index (χ4v) is 4.48. The molecular weight excluding hydrogens is 348 g/mol. The maximum atomic E-state index is 13.5. The first-order chi connectivity index (χ1) is 13.6. The van der Waals surface area contributed by atoms with Crippen molar-refractivity contribution in [3.05, 3.63) is 77.4 Å². The number of aryl methyl sites for hydroxylation is 2. The van der Waals surface area contributed by atoms with Crippen LogP contribution in [-0.2, 0) is 10.5 Å². The van der Waals surface area contributed by atoms with Crippen molar-refractivity contribution in [3.8, 4) is 11.4 Å². The Balaban J connectivity index is 1.81. The van der Waals surface area contributed by atoms with E-state index in [4.69, 9.17) is 4.98 Å². The predicted molar refractivity (Wildman–Crippen MR) is 110 cm³/mol. The van der Waals surface area contributed by atoms with Crippen molar-refractivity contribution >= 4 is 28.3 Å². The molecule has 0 unspecified atom stereocenters. The molecule has 0 bridgehead atoms. The van der Waals surface area contributed by atoms with E-state index in [1.807, 2.05) is 48.5 Å². The molecule has 2 N–H and O–H groups in total. The number of nitrogens with one attached hydrogen (secondary N) is 2. The van der Waals surface area contributed by atoms with Crippen molar-refractivity contribution < 1.29 is 4.79 Å². The van der Waals surface area contributed by atoms with Crippen LogP contribution in [0.5, 0.6) is 0 Å². The van der Waals surface area contributed by atoms with E-state index in [9.17, 15) is 4.79 Å². The highest BCUT2D eigenvalue weighted by Gasteiger charge is 2.53. The summed E-state index contributed by atoms with van der Waals surface area (Å²) in [7, 11) is 0. The Morgan fingerprint density at radius 3 is 2.50 bits per heavy atom. The molecule has 1 spiro atoms. The van der Waals surface area contributed by atoms with Crippen molar-refractivity contribution in [1.82, 2.24) is 9.55 Å². The zero-order valence-electron chi connectivity index (χ0n) is 15.6. The standard InChI is InChI=1S/C23H18N4O/c1-13-11-19-20(12-14(13)2)27-21(24-19)15-7-3-5-9-17(15)26-23(27)16-8-4-6-10-18(16)25-22(23)28/h3-12,26H,1-2H3,(H,25,28)/t23-/m0/s1. The molecule has 5 heteroatoms. The maximum absolute atomic E-state index is 13.5. The van der Waals surface area contributed by atoms with Crippen LogP contribution >= 0.6 is 0 Å². The van der Waals surface area contributed by atoms with Crippen LogP contribution < -0.4 is 10.6 Å². The van der Waals surface area contributed by atoms with Crippen molar-refractivity contribution in [2.75, 3.05) is 10.6 Å². The van der Waals surface area contributed by atoms with Gasteiger partial charge in [0.2, 0.25) is 5.66 Å². The molecule has 2 aliphatic heterocycles. The number of carbonyl (C=O) groups excluding carboxylic acids is 1. The lowest BCUT2D eigenvalue weighted by atomic mass is 9.95. The molecule has 0 saturated carbocycles. The Morgan fingerprint density at radius 1 is 0.929 bits per heavy atom. The smallest absolute Gasteiger partial charge is 0.276 e. The van der Waals surface area contributed by atoms with Crippen LogP contribution in [0.25, 0.3) is 22.4 Å². The largest absolute Gasteiger partial charge is 0.350 e. The van der Waals surface area contributed by atoms with Crippen molar-refractivity contribution in [1.29, 1.82) is 0 Å². The molecular formula is C23H18N4O. The Labute approximate surface area is 162 Å². The van der Waals surface area contributed by atoms with Gasteiger partial charge in [0.15, 0.2) is 0 Å². The van der Waals surface area contributed by atoms with Crippen LogP contribution in [0.15, 0.2) is 60.7 Å². The summed E-state index contributed by atoms with van der Waals surface area (Å²) in [6.45, 7) is 4.18. The third kappa shape index (κ3) is 1.71. The van der Waals surface area contributed by atoms with Crippen molar-refractivity contribution in [3.63, 3.8) is 0 Å². The highest BCUT2D eigenvalue weighted by Crippen LogP contribution is 2.48. The first kappa shape index (κ1) is 15.5. The van der Waals surface area contributed by atoms with Crippen LogP contribution in [-0.4, -0.2) is 15.5 Å². The molecule has 1 atom stereocenters. The lowest BCUT2D eigenvalue weighted by molar-refractivity contribution is -0.120. The Hall–Kier alpha value is -3.60. The number of para-hydroxylation sites is 2. The minimum absolute atomic E-state index is 0.0954. The fraction of sp³-hybridized carbons (Fsp3) is 0.130. The molecule has 3 heterocycles. The molecule has 1 aromatic heterocycles. The predicted octanol–water partition coefficient (Wildman–Crippen LogP) is 4.40. The zero-order valence-corrected chi connectivity index (χ0v) is 15.6. The summed E-state index contributed by atoms with van der Waals surface area (Å²) in [6.07, 6.45) is 0. The molecule has 2 aliphatic rings. The van der Waals surface area contributed by atoms with E-state index in [1.54, 1.807) is 0 Å². The van der Waals surface area contributed by atoms with Gasteiger partial charge in [0.25, 0.3) is 5.91 Å². The Bertz CT molecular complexity index is 1320. The number of imidazole rings is 1. The molecule has 5 nitrogen and oxygen atoms in total. The molecule has 136 valence electrons. The van der Waals surface area contributed by atoms with Gasteiger partial charge in [-0.25, -0.2) is 4.98 Å². The van der Waals surface area contributed by atoms with Gasteiger partial charge in [0.1, 0.15) is 5.82 Å². The lowest BCUT2D eigenvalue weighted by Gasteiger charge is -2.37. The van der Waals surface area contributed by atoms with E-state index in [1.165, 1.54) is 11.1 Å². The SMILES string of the molecule is Cc1cc2nc3n(c2cc1C)[C@]1(Nc2ccccc2-3)C(=O)Nc2ccccc21. The molecule has 0 aliphatic carbocycles. The molecule has 1 amide bonds. The van der Waals surface area contributed by atoms with Gasteiger partial charge < -0.3 is 10.6 Å². The topological polar surface area (TPSA) is 59.0 Å². The van der Waals surface area contributed by atoms with Gasteiger partial charge in [-0.3, -0.25) is 9.36 Å². The second-order valence-corrected chi connectivity index (χ2v) is 7.58. The number of fused-ring (bicyclic) bond motifs is 8. The van der Waals surface area contributed by atoms with Gasteiger partial charge in [-0.15, -0.1) is 0 Å². The van der Waals surface area contributed by atoms with Crippen LogP contribution in [0.3, 0.4) is 0 Å². The van der Waals surface area contributed by atoms with Gasteiger partial charge in [-0.1, -0.05) is 30.3 Å². The van der Waals surface area contributed by atoms with E-state index in [0.29, 0.717) is 0 Å². The van der Waals surface area contributed by atoms with Gasteiger partial charge in [-0.2, -0.15) is 0 Å². The van der Waals surface area contributed by atoms with E-state index in [2.05, 4.69) is 41.2 Å². The van der Waals surface area contributed by atoms with Crippen LogP contribution in [0, 0.1) is 13.8 Å². The zero-order chi connectivity index (χ0) is 19.0.